The summed E-state index contributed by atoms with van der Waals surface area (Å²) in [6, 6.07) is 9.44. The topological polar surface area (TPSA) is 66.0 Å². The summed E-state index contributed by atoms with van der Waals surface area (Å²) >= 11 is 0. The quantitative estimate of drug-likeness (QED) is 0.709. The molecule has 2 rings (SSSR count). The van der Waals surface area contributed by atoms with Crippen LogP contribution in [-0.4, -0.2) is 33.3 Å². The van der Waals surface area contributed by atoms with Crippen LogP contribution in [0.15, 0.2) is 30.3 Å². The van der Waals surface area contributed by atoms with Crippen molar-refractivity contribution in [3.8, 4) is 23.0 Å². The van der Waals surface area contributed by atoms with Gasteiger partial charge >= 0.3 is 0 Å². The number of carbonyl (C=O) groups excluding carboxylic acids is 1. The standard InChI is InChI=1S/C22H29NO5/c1-7-18(28-17-10-8-14(2)15(3)12-17)22(24)23-13-16-9-11-19(25-4)21(27-6)20(16)26-5/h8-12,18H,7,13H2,1-6H3,(H,23,24)/t18-/m1/s1. The Bertz CT molecular complexity index is 819. The summed E-state index contributed by atoms with van der Waals surface area (Å²) in [6.07, 6.45) is -0.0183. The van der Waals surface area contributed by atoms with Gasteiger partial charge in [-0.15, -0.1) is 0 Å². The lowest BCUT2D eigenvalue weighted by Crippen LogP contribution is -2.37. The Labute approximate surface area is 166 Å². The van der Waals surface area contributed by atoms with Crippen LogP contribution in [0, 0.1) is 13.8 Å². The zero-order valence-electron chi connectivity index (χ0n) is 17.4. The van der Waals surface area contributed by atoms with Crippen molar-refractivity contribution in [1.82, 2.24) is 5.32 Å². The molecule has 6 nitrogen and oxygen atoms in total. The van der Waals surface area contributed by atoms with Gasteiger partial charge in [0.1, 0.15) is 5.75 Å². The molecule has 0 aliphatic heterocycles. The maximum absolute atomic E-state index is 12.6. The minimum atomic E-state index is -0.576. The maximum atomic E-state index is 12.6. The van der Waals surface area contributed by atoms with Crippen LogP contribution in [0.4, 0.5) is 0 Å². The summed E-state index contributed by atoms with van der Waals surface area (Å²) in [5.74, 6) is 2.10. The fourth-order valence-corrected chi connectivity index (χ4v) is 2.87. The molecule has 0 heterocycles. The Morgan fingerprint density at radius 2 is 1.68 bits per heavy atom. The van der Waals surface area contributed by atoms with Crippen LogP contribution < -0.4 is 24.3 Å². The molecule has 0 fully saturated rings. The third kappa shape index (κ3) is 4.88. The molecule has 2 aromatic rings. The van der Waals surface area contributed by atoms with Crippen molar-refractivity contribution in [2.75, 3.05) is 21.3 Å². The molecule has 0 spiro atoms. The van der Waals surface area contributed by atoms with Crippen molar-refractivity contribution in [2.24, 2.45) is 0 Å². The molecular formula is C22H29NO5. The molecule has 0 saturated heterocycles. The van der Waals surface area contributed by atoms with Gasteiger partial charge in [-0.3, -0.25) is 4.79 Å². The largest absolute Gasteiger partial charge is 0.493 e. The van der Waals surface area contributed by atoms with Crippen LogP contribution in [0.2, 0.25) is 0 Å². The Morgan fingerprint density at radius 3 is 2.25 bits per heavy atom. The fourth-order valence-electron chi connectivity index (χ4n) is 2.87. The molecule has 0 saturated carbocycles. The third-order valence-corrected chi connectivity index (χ3v) is 4.66. The minimum Gasteiger partial charge on any atom is -0.493 e. The number of nitrogens with one attached hydrogen (secondary N) is 1. The summed E-state index contributed by atoms with van der Waals surface area (Å²) in [6.45, 7) is 6.27. The fraction of sp³-hybridized carbons (Fsp3) is 0.409. The SMILES string of the molecule is CC[C@@H](Oc1ccc(C)c(C)c1)C(=O)NCc1ccc(OC)c(OC)c1OC. The summed E-state index contributed by atoms with van der Waals surface area (Å²) in [5.41, 5.74) is 3.10. The zero-order valence-corrected chi connectivity index (χ0v) is 17.4. The molecule has 0 bridgehead atoms. The summed E-state index contributed by atoms with van der Waals surface area (Å²) in [4.78, 5) is 12.6. The van der Waals surface area contributed by atoms with E-state index in [-0.39, 0.29) is 12.5 Å². The Kier molecular flexibility index (Phi) is 7.55. The van der Waals surface area contributed by atoms with Gasteiger partial charge in [0.15, 0.2) is 17.6 Å². The zero-order chi connectivity index (χ0) is 20.7. The van der Waals surface area contributed by atoms with Gasteiger partial charge in [0, 0.05) is 12.1 Å². The number of carbonyl (C=O) groups is 1. The molecule has 28 heavy (non-hydrogen) atoms. The van der Waals surface area contributed by atoms with Crippen LogP contribution in [0.3, 0.4) is 0 Å². The predicted molar refractivity (Wildman–Crippen MR) is 109 cm³/mol. The second kappa shape index (κ2) is 9.88. The predicted octanol–water partition coefficient (Wildman–Crippen LogP) is 3.80. The van der Waals surface area contributed by atoms with E-state index in [1.807, 2.05) is 45.0 Å². The first-order valence-electron chi connectivity index (χ1n) is 9.24. The van der Waals surface area contributed by atoms with E-state index in [2.05, 4.69) is 5.32 Å². The molecule has 0 aliphatic carbocycles. The molecule has 1 amide bonds. The highest BCUT2D eigenvalue weighted by molar-refractivity contribution is 5.81. The lowest BCUT2D eigenvalue weighted by Gasteiger charge is -2.19. The summed E-state index contributed by atoms with van der Waals surface area (Å²) in [5, 5.41) is 2.92. The monoisotopic (exact) mass is 387 g/mol. The molecule has 0 unspecified atom stereocenters. The van der Waals surface area contributed by atoms with E-state index < -0.39 is 6.10 Å². The van der Waals surface area contributed by atoms with Crippen molar-refractivity contribution in [3.05, 3.63) is 47.0 Å². The summed E-state index contributed by atoms with van der Waals surface area (Å²) in [7, 11) is 4.67. The Morgan fingerprint density at radius 1 is 0.964 bits per heavy atom. The number of benzene rings is 2. The van der Waals surface area contributed by atoms with Crippen molar-refractivity contribution < 1.29 is 23.7 Å². The molecule has 0 radical (unpaired) electrons. The van der Waals surface area contributed by atoms with Gasteiger partial charge in [-0.25, -0.2) is 0 Å². The van der Waals surface area contributed by atoms with Gasteiger partial charge in [0.25, 0.3) is 5.91 Å². The Balaban J connectivity index is 2.10. The van der Waals surface area contributed by atoms with E-state index in [9.17, 15) is 4.79 Å². The van der Waals surface area contributed by atoms with E-state index in [0.29, 0.717) is 29.4 Å². The number of methoxy groups -OCH3 is 3. The smallest absolute Gasteiger partial charge is 0.261 e. The van der Waals surface area contributed by atoms with E-state index in [1.165, 1.54) is 5.56 Å². The van der Waals surface area contributed by atoms with Crippen molar-refractivity contribution in [1.29, 1.82) is 0 Å². The van der Waals surface area contributed by atoms with Gasteiger partial charge in [0.05, 0.1) is 21.3 Å². The first kappa shape index (κ1) is 21.4. The number of hydrogen-bond acceptors (Lipinski definition) is 5. The molecule has 0 aromatic heterocycles. The van der Waals surface area contributed by atoms with Crippen LogP contribution in [0.5, 0.6) is 23.0 Å². The molecule has 1 atom stereocenters. The lowest BCUT2D eigenvalue weighted by atomic mass is 10.1. The average molecular weight is 387 g/mol. The number of hydrogen-bond donors (Lipinski definition) is 1. The van der Waals surface area contributed by atoms with Crippen LogP contribution in [0.25, 0.3) is 0 Å². The third-order valence-electron chi connectivity index (χ3n) is 4.66. The van der Waals surface area contributed by atoms with Gasteiger partial charge in [0.2, 0.25) is 5.75 Å². The van der Waals surface area contributed by atoms with Gasteiger partial charge in [-0.2, -0.15) is 0 Å². The Hall–Kier alpha value is -2.89. The molecule has 0 aliphatic rings. The number of aryl methyl sites for hydroxylation is 2. The normalized spacial score (nSPS) is 11.5. The second-order valence-electron chi connectivity index (χ2n) is 6.47. The van der Waals surface area contributed by atoms with Crippen LogP contribution in [0.1, 0.15) is 30.0 Å². The molecule has 2 aromatic carbocycles. The molecule has 6 heteroatoms. The highest BCUT2D eigenvalue weighted by atomic mass is 16.5. The van der Waals surface area contributed by atoms with E-state index in [0.717, 1.165) is 11.1 Å². The first-order valence-corrected chi connectivity index (χ1v) is 9.24. The molecule has 1 N–H and O–H groups in total. The molecular weight excluding hydrogens is 358 g/mol. The number of rotatable bonds is 9. The van der Waals surface area contributed by atoms with Crippen LogP contribution >= 0.6 is 0 Å². The highest BCUT2D eigenvalue weighted by Gasteiger charge is 2.20. The number of amides is 1. The molecule has 152 valence electrons. The van der Waals surface area contributed by atoms with Gasteiger partial charge in [-0.1, -0.05) is 13.0 Å². The maximum Gasteiger partial charge on any atom is 0.261 e. The second-order valence-corrected chi connectivity index (χ2v) is 6.47. The van der Waals surface area contributed by atoms with E-state index in [1.54, 1.807) is 27.4 Å². The van der Waals surface area contributed by atoms with E-state index >= 15 is 0 Å². The van der Waals surface area contributed by atoms with Crippen molar-refractivity contribution >= 4 is 5.91 Å². The number of ether oxygens (including phenoxy) is 4. The van der Waals surface area contributed by atoms with Gasteiger partial charge < -0.3 is 24.3 Å². The first-order chi connectivity index (χ1) is 13.4. The van der Waals surface area contributed by atoms with Crippen LogP contribution in [-0.2, 0) is 11.3 Å². The van der Waals surface area contributed by atoms with E-state index in [4.69, 9.17) is 18.9 Å². The van der Waals surface area contributed by atoms with Gasteiger partial charge in [-0.05, 0) is 55.7 Å². The van der Waals surface area contributed by atoms with Crippen molar-refractivity contribution in [3.63, 3.8) is 0 Å². The average Bonchev–Trinajstić information content (AvgIpc) is 2.71. The highest BCUT2D eigenvalue weighted by Crippen LogP contribution is 2.39. The lowest BCUT2D eigenvalue weighted by molar-refractivity contribution is -0.128. The summed E-state index contributed by atoms with van der Waals surface area (Å²) < 4.78 is 22.0. The van der Waals surface area contributed by atoms with Crippen molar-refractivity contribution in [2.45, 2.75) is 39.8 Å². The minimum absolute atomic E-state index is 0.183.